The molecule has 0 bridgehead atoms. The Bertz CT molecular complexity index is 1210. The highest BCUT2D eigenvalue weighted by Crippen LogP contribution is 2.40. The lowest BCUT2D eigenvalue weighted by Gasteiger charge is -2.16. The molecule has 1 unspecified atom stereocenters. The third-order valence-corrected chi connectivity index (χ3v) is 4.92. The third-order valence-electron chi connectivity index (χ3n) is 4.92. The van der Waals surface area contributed by atoms with Crippen LogP contribution in [-0.4, -0.2) is 35.6 Å². The van der Waals surface area contributed by atoms with Gasteiger partial charge in [-0.1, -0.05) is 17.9 Å². The fourth-order valence-electron chi connectivity index (χ4n) is 3.56. The smallest absolute Gasteiger partial charge is 0.255 e. The largest absolute Gasteiger partial charge is 0.492 e. The van der Waals surface area contributed by atoms with Crippen LogP contribution >= 0.6 is 0 Å². The number of methoxy groups -OCH3 is 1. The van der Waals surface area contributed by atoms with Gasteiger partial charge in [0.2, 0.25) is 0 Å². The van der Waals surface area contributed by atoms with Gasteiger partial charge in [-0.15, -0.1) is 0 Å². The number of nitrogens with two attached hydrogens (primary N) is 1. The Hall–Kier alpha value is -3.83. The Morgan fingerprint density at radius 1 is 1.35 bits per heavy atom. The summed E-state index contributed by atoms with van der Waals surface area (Å²) < 4.78 is 19.5. The highest BCUT2D eigenvalue weighted by atomic mass is 19.1. The Morgan fingerprint density at radius 2 is 2.19 bits per heavy atom. The SMILES string of the molecule is COc1c(F)cccc1Nc1c(-c2ccncc2C#CC(C)N)[nH]c2c1C(=O)NCC2. The molecule has 158 valence electrons. The summed E-state index contributed by atoms with van der Waals surface area (Å²) in [5, 5.41) is 6.07. The summed E-state index contributed by atoms with van der Waals surface area (Å²) in [5.41, 5.74) is 10.1. The average molecular weight is 419 g/mol. The van der Waals surface area contributed by atoms with Crippen LogP contribution in [0.1, 0.15) is 28.5 Å². The Balaban J connectivity index is 1.91. The molecule has 31 heavy (non-hydrogen) atoms. The zero-order valence-electron chi connectivity index (χ0n) is 17.2. The number of halogens is 1. The fourth-order valence-corrected chi connectivity index (χ4v) is 3.56. The lowest BCUT2D eigenvalue weighted by molar-refractivity contribution is 0.0947. The van der Waals surface area contributed by atoms with Crippen LogP contribution in [-0.2, 0) is 6.42 Å². The van der Waals surface area contributed by atoms with Crippen molar-refractivity contribution in [2.24, 2.45) is 5.73 Å². The number of nitrogens with zero attached hydrogens (tertiary/aromatic N) is 1. The van der Waals surface area contributed by atoms with Crippen molar-refractivity contribution in [3.63, 3.8) is 0 Å². The second-order valence-electron chi connectivity index (χ2n) is 7.16. The van der Waals surface area contributed by atoms with E-state index in [0.29, 0.717) is 41.2 Å². The predicted molar refractivity (Wildman–Crippen MR) is 117 cm³/mol. The fraction of sp³-hybridized carbons (Fsp3) is 0.217. The molecule has 0 fully saturated rings. The van der Waals surface area contributed by atoms with Crippen molar-refractivity contribution < 1.29 is 13.9 Å². The van der Waals surface area contributed by atoms with E-state index in [9.17, 15) is 9.18 Å². The molecule has 4 rings (SSSR count). The van der Waals surface area contributed by atoms with Crippen LogP contribution in [0.2, 0.25) is 0 Å². The number of anilines is 2. The van der Waals surface area contributed by atoms with Gasteiger partial charge in [-0.05, 0) is 25.1 Å². The van der Waals surface area contributed by atoms with Crippen molar-refractivity contribution in [1.82, 2.24) is 15.3 Å². The van der Waals surface area contributed by atoms with E-state index in [0.717, 1.165) is 11.3 Å². The quantitative estimate of drug-likeness (QED) is 0.487. The molecular weight excluding hydrogens is 397 g/mol. The summed E-state index contributed by atoms with van der Waals surface area (Å²) in [4.78, 5) is 20.3. The molecule has 1 aliphatic rings. The topological polar surface area (TPSA) is 105 Å². The van der Waals surface area contributed by atoms with Gasteiger partial charge in [0.05, 0.1) is 41.3 Å². The average Bonchev–Trinajstić information content (AvgIpc) is 3.12. The maximum atomic E-state index is 14.3. The van der Waals surface area contributed by atoms with Crippen molar-refractivity contribution in [2.75, 3.05) is 19.0 Å². The number of carbonyl (C=O) groups is 1. The van der Waals surface area contributed by atoms with Gasteiger partial charge < -0.3 is 26.1 Å². The minimum atomic E-state index is -0.504. The van der Waals surface area contributed by atoms with Crippen molar-refractivity contribution in [2.45, 2.75) is 19.4 Å². The number of fused-ring (bicyclic) bond motifs is 1. The maximum absolute atomic E-state index is 14.3. The van der Waals surface area contributed by atoms with Crippen molar-refractivity contribution >= 4 is 17.3 Å². The van der Waals surface area contributed by atoms with E-state index in [2.05, 4.69) is 32.4 Å². The third kappa shape index (κ3) is 3.96. The molecule has 1 aliphatic heterocycles. The summed E-state index contributed by atoms with van der Waals surface area (Å²) in [6, 6.07) is 6.09. The summed E-state index contributed by atoms with van der Waals surface area (Å²) in [7, 11) is 1.40. The highest BCUT2D eigenvalue weighted by Gasteiger charge is 2.28. The molecule has 0 aliphatic carbocycles. The maximum Gasteiger partial charge on any atom is 0.255 e. The summed E-state index contributed by atoms with van der Waals surface area (Å²) in [6.07, 6.45) is 3.94. The normalized spacial score (nSPS) is 13.5. The van der Waals surface area contributed by atoms with E-state index >= 15 is 0 Å². The summed E-state index contributed by atoms with van der Waals surface area (Å²) in [5.74, 6) is 5.34. The first-order valence-electron chi connectivity index (χ1n) is 9.83. The number of aromatic nitrogens is 2. The molecule has 3 heterocycles. The molecule has 0 spiro atoms. The standard InChI is InChI=1S/C23H22FN5O2/c1-13(25)6-7-14-12-26-10-8-15(14)20-21(19-17(28-20)9-11-27-23(19)30)29-18-5-3-4-16(24)22(18)31-2/h3-5,8,10,12-13,28-29H,9,11,25H2,1-2H3,(H,27,30). The van der Waals surface area contributed by atoms with E-state index in [1.165, 1.54) is 13.2 Å². The van der Waals surface area contributed by atoms with Gasteiger partial charge in [0.15, 0.2) is 11.6 Å². The minimum Gasteiger partial charge on any atom is -0.492 e. The zero-order valence-corrected chi connectivity index (χ0v) is 17.2. The first kappa shape index (κ1) is 20.4. The number of nitrogens with one attached hydrogen (secondary N) is 3. The number of hydrogen-bond donors (Lipinski definition) is 4. The number of rotatable bonds is 4. The second-order valence-corrected chi connectivity index (χ2v) is 7.16. The Morgan fingerprint density at radius 3 is 2.97 bits per heavy atom. The Labute approximate surface area is 179 Å². The number of pyridine rings is 1. The summed E-state index contributed by atoms with van der Waals surface area (Å²) in [6.45, 7) is 2.33. The van der Waals surface area contributed by atoms with Gasteiger partial charge in [0.25, 0.3) is 5.91 Å². The van der Waals surface area contributed by atoms with Gasteiger partial charge in [0, 0.05) is 36.6 Å². The molecule has 3 aromatic rings. The summed E-state index contributed by atoms with van der Waals surface area (Å²) >= 11 is 0. The van der Waals surface area contributed by atoms with E-state index in [-0.39, 0.29) is 17.7 Å². The van der Waals surface area contributed by atoms with E-state index in [1.807, 2.05) is 6.07 Å². The van der Waals surface area contributed by atoms with Crippen LogP contribution in [0.15, 0.2) is 36.7 Å². The van der Waals surface area contributed by atoms with Gasteiger partial charge in [0.1, 0.15) is 0 Å². The lowest BCUT2D eigenvalue weighted by atomic mass is 10.0. The number of para-hydroxylation sites is 1. The molecule has 8 heteroatoms. The van der Waals surface area contributed by atoms with E-state index in [1.54, 1.807) is 31.5 Å². The molecule has 2 aromatic heterocycles. The van der Waals surface area contributed by atoms with Gasteiger partial charge >= 0.3 is 0 Å². The number of ether oxygens (including phenoxy) is 1. The molecular formula is C23H22FN5O2. The van der Waals surface area contributed by atoms with Crippen molar-refractivity contribution in [3.05, 3.63) is 59.3 Å². The number of aromatic amines is 1. The Kier molecular flexibility index (Phi) is 5.60. The van der Waals surface area contributed by atoms with Crippen LogP contribution in [0.3, 0.4) is 0 Å². The number of H-pyrrole nitrogens is 1. The van der Waals surface area contributed by atoms with E-state index < -0.39 is 5.82 Å². The number of benzene rings is 1. The zero-order chi connectivity index (χ0) is 22.0. The van der Waals surface area contributed by atoms with Gasteiger partial charge in [-0.3, -0.25) is 9.78 Å². The molecule has 7 nitrogen and oxygen atoms in total. The van der Waals surface area contributed by atoms with Gasteiger partial charge in [-0.25, -0.2) is 4.39 Å². The number of carbonyl (C=O) groups excluding carboxylic acids is 1. The minimum absolute atomic E-state index is 0.0614. The molecule has 0 saturated carbocycles. The number of hydrogen-bond acceptors (Lipinski definition) is 5. The first-order valence-corrected chi connectivity index (χ1v) is 9.83. The van der Waals surface area contributed by atoms with Crippen molar-refractivity contribution in [1.29, 1.82) is 0 Å². The second kappa shape index (κ2) is 8.50. The molecule has 1 aromatic carbocycles. The number of amides is 1. The van der Waals surface area contributed by atoms with Gasteiger partial charge in [-0.2, -0.15) is 0 Å². The van der Waals surface area contributed by atoms with Crippen LogP contribution < -0.4 is 21.1 Å². The monoisotopic (exact) mass is 419 g/mol. The van der Waals surface area contributed by atoms with Crippen LogP contribution in [0.4, 0.5) is 15.8 Å². The van der Waals surface area contributed by atoms with E-state index in [4.69, 9.17) is 10.5 Å². The highest BCUT2D eigenvalue weighted by molar-refractivity contribution is 6.06. The molecule has 0 radical (unpaired) electrons. The van der Waals surface area contributed by atoms with Crippen molar-refractivity contribution in [3.8, 4) is 28.8 Å². The molecule has 5 N–H and O–H groups in total. The predicted octanol–water partition coefficient (Wildman–Crippen LogP) is 2.95. The lowest BCUT2D eigenvalue weighted by Crippen LogP contribution is -2.31. The van der Waals surface area contributed by atoms with Crippen LogP contribution in [0.5, 0.6) is 5.75 Å². The first-order chi connectivity index (χ1) is 15.0. The molecule has 0 saturated heterocycles. The van der Waals surface area contributed by atoms with Crippen LogP contribution in [0.25, 0.3) is 11.3 Å². The molecule has 1 amide bonds. The van der Waals surface area contributed by atoms with Crippen LogP contribution in [0, 0.1) is 17.7 Å². The molecule has 1 atom stereocenters.